The van der Waals surface area contributed by atoms with Crippen LogP contribution in [0.25, 0.3) is 0 Å². The number of sulfonamides is 1. The first-order chi connectivity index (χ1) is 8.69. The number of anilines is 1. The van der Waals surface area contributed by atoms with Crippen molar-refractivity contribution in [2.24, 2.45) is 0 Å². The van der Waals surface area contributed by atoms with Gasteiger partial charge in [-0.15, -0.1) is 0 Å². The number of aliphatic hydroxyl groups excluding tert-OH is 1. The summed E-state index contributed by atoms with van der Waals surface area (Å²) in [5.41, 5.74) is 0.281. The van der Waals surface area contributed by atoms with Gasteiger partial charge in [-0.05, 0) is 45.0 Å². The minimum Gasteiger partial charge on any atom is -0.391 e. The van der Waals surface area contributed by atoms with Gasteiger partial charge in [0.2, 0.25) is 10.0 Å². The van der Waals surface area contributed by atoms with Gasteiger partial charge >= 0.3 is 0 Å². The third-order valence-electron chi connectivity index (χ3n) is 3.01. The summed E-state index contributed by atoms with van der Waals surface area (Å²) in [5.74, 6) is 0. The van der Waals surface area contributed by atoms with Crippen molar-refractivity contribution in [2.45, 2.75) is 44.2 Å². The molecule has 1 aromatic rings. The van der Waals surface area contributed by atoms with Crippen LogP contribution in [0.1, 0.15) is 27.7 Å². The predicted octanol–water partition coefficient (Wildman–Crippen LogP) is 1.56. The van der Waals surface area contributed by atoms with E-state index in [9.17, 15) is 13.5 Å². The third kappa shape index (κ3) is 4.19. The van der Waals surface area contributed by atoms with Gasteiger partial charge in [0.1, 0.15) is 0 Å². The first kappa shape index (κ1) is 15.9. The molecule has 1 atom stereocenters. The number of hydrogen-bond donors (Lipinski definition) is 3. The number of aliphatic hydroxyl groups is 1. The summed E-state index contributed by atoms with van der Waals surface area (Å²) in [6, 6.07) is 6.46. The minimum atomic E-state index is -3.41. The Morgan fingerprint density at radius 2 is 1.79 bits per heavy atom. The molecule has 0 saturated carbocycles. The zero-order chi connectivity index (χ0) is 14.7. The summed E-state index contributed by atoms with van der Waals surface area (Å²) in [6.45, 7) is 7.55. The molecule has 0 radical (unpaired) electrons. The molecule has 0 fully saturated rings. The molecular formula is C13H22N2O3S. The Kier molecular flexibility index (Phi) is 4.95. The largest absolute Gasteiger partial charge is 0.391 e. The Labute approximate surface area is 115 Å². The van der Waals surface area contributed by atoms with E-state index in [1.54, 1.807) is 38.1 Å². The van der Waals surface area contributed by atoms with E-state index in [0.717, 1.165) is 5.69 Å². The van der Waals surface area contributed by atoms with Crippen LogP contribution >= 0.6 is 0 Å². The summed E-state index contributed by atoms with van der Waals surface area (Å²) in [5, 5.41) is 12.8. The zero-order valence-corrected chi connectivity index (χ0v) is 12.6. The van der Waals surface area contributed by atoms with Gasteiger partial charge < -0.3 is 10.4 Å². The molecule has 0 amide bonds. The third-order valence-corrected chi connectivity index (χ3v) is 4.57. The second-order valence-corrected chi connectivity index (χ2v) is 6.82. The van der Waals surface area contributed by atoms with Crippen LogP contribution in [-0.4, -0.2) is 31.7 Å². The van der Waals surface area contributed by atoms with Gasteiger partial charge in [-0.1, -0.05) is 6.92 Å². The maximum atomic E-state index is 11.8. The van der Waals surface area contributed by atoms with Crippen molar-refractivity contribution in [1.29, 1.82) is 0 Å². The monoisotopic (exact) mass is 286 g/mol. The summed E-state index contributed by atoms with van der Waals surface area (Å²) < 4.78 is 26.0. The second-order valence-electron chi connectivity index (χ2n) is 5.05. The van der Waals surface area contributed by atoms with E-state index in [2.05, 4.69) is 10.0 Å². The van der Waals surface area contributed by atoms with Crippen LogP contribution in [0.3, 0.4) is 0 Å². The Hall–Kier alpha value is -1.11. The van der Waals surface area contributed by atoms with E-state index < -0.39 is 21.7 Å². The predicted molar refractivity (Wildman–Crippen MR) is 76.7 cm³/mol. The van der Waals surface area contributed by atoms with E-state index in [0.29, 0.717) is 6.54 Å². The Bertz CT molecular complexity index is 507. The van der Waals surface area contributed by atoms with Crippen LogP contribution in [0.5, 0.6) is 0 Å². The normalized spacial score (nSPS) is 14.2. The van der Waals surface area contributed by atoms with E-state index in [1.807, 2.05) is 13.8 Å². The maximum absolute atomic E-state index is 11.8. The first-order valence-corrected chi connectivity index (χ1v) is 7.73. The summed E-state index contributed by atoms with van der Waals surface area (Å²) in [7, 11) is -3.41. The Morgan fingerprint density at radius 3 is 2.21 bits per heavy atom. The molecule has 0 spiro atoms. The molecule has 0 bridgehead atoms. The van der Waals surface area contributed by atoms with Crippen molar-refractivity contribution < 1.29 is 13.5 Å². The fraction of sp³-hybridized carbons (Fsp3) is 0.538. The van der Waals surface area contributed by atoms with Crippen molar-refractivity contribution >= 4 is 15.7 Å². The topological polar surface area (TPSA) is 78.4 Å². The zero-order valence-electron chi connectivity index (χ0n) is 11.8. The van der Waals surface area contributed by atoms with E-state index in [1.165, 1.54) is 0 Å². The van der Waals surface area contributed by atoms with Crippen molar-refractivity contribution in [3.8, 4) is 0 Å². The molecule has 6 heteroatoms. The second kappa shape index (κ2) is 5.90. The molecule has 1 aromatic carbocycles. The molecule has 0 saturated heterocycles. The number of benzene rings is 1. The smallest absolute Gasteiger partial charge is 0.240 e. The Morgan fingerprint density at radius 1 is 1.26 bits per heavy atom. The van der Waals surface area contributed by atoms with Gasteiger partial charge in [0.15, 0.2) is 0 Å². The molecule has 0 aliphatic heterocycles. The lowest BCUT2D eigenvalue weighted by molar-refractivity contribution is 0.133. The van der Waals surface area contributed by atoms with Crippen molar-refractivity contribution in [2.75, 3.05) is 11.9 Å². The van der Waals surface area contributed by atoms with Crippen LogP contribution in [0.15, 0.2) is 29.2 Å². The molecule has 0 aromatic heterocycles. The van der Waals surface area contributed by atoms with Crippen LogP contribution < -0.4 is 10.0 Å². The number of rotatable bonds is 6. The molecule has 5 nitrogen and oxygen atoms in total. The van der Waals surface area contributed by atoms with Crippen LogP contribution in [0.2, 0.25) is 0 Å². The summed E-state index contributed by atoms with van der Waals surface area (Å²) in [4.78, 5) is 0.231. The van der Waals surface area contributed by atoms with Gasteiger partial charge in [-0.3, -0.25) is 0 Å². The summed E-state index contributed by atoms with van der Waals surface area (Å²) >= 11 is 0. The highest BCUT2D eigenvalue weighted by Gasteiger charge is 2.23. The Balaban J connectivity index is 2.89. The van der Waals surface area contributed by atoms with Gasteiger partial charge in [-0.25, -0.2) is 13.1 Å². The average Bonchev–Trinajstić information content (AvgIpc) is 2.28. The van der Waals surface area contributed by atoms with Gasteiger partial charge in [-0.2, -0.15) is 0 Å². The van der Waals surface area contributed by atoms with Crippen LogP contribution in [0, 0.1) is 0 Å². The fourth-order valence-electron chi connectivity index (χ4n) is 1.47. The van der Waals surface area contributed by atoms with E-state index >= 15 is 0 Å². The molecule has 19 heavy (non-hydrogen) atoms. The number of hydrogen-bond acceptors (Lipinski definition) is 4. The SMILES string of the molecule is CCNS(=O)(=O)c1ccc(NC(C)(C)C(C)O)cc1. The van der Waals surface area contributed by atoms with Crippen molar-refractivity contribution in [1.82, 2.24) is 4.72 Å². The molecule has 1 unspecified atom stereocenters. The standard InChI is InChI=1S/C13H22N2O3S/c1-5-14-19(17,18)12-8-6-11(7-9-12)15-13(3,4)10(2)16/h6-10,14-16H,5H2,1-4H3. The first-order valence-electron chi connectivity index (χ1n) is 6.25. The summed E-state index contributed by atoms with van der Waals surface area (Å²) in [6.07, 6.45) is -0.530. The molecule has 0 aliphatic rings. The highest BCUT2D eigenvalue weighted by molar-refractivity contribution is 7.89. The molecular weight excluding hydrogens is 264 g/mol. The molecule has 108 valence electrons. The molecule has 3 N–H and O–H groups in total. The fourth-order valence-corrected chi connectivity index (χ4v) is 2.51. The van der Waals surface area contributed by atoms with Gasteiger partial charge in [0, 0.05) is 12.2 Å². The minimum absolute atomic E-state index is 0.231. The quantitative estimate of drug-likeness (QED) is 0.741. The van der Waals surface area contributed by atoms with Crippen molar-refractivity contribution in [3.63, 3.8) is 0 Å². The molecule has 1 rings (SSSR count). The van der Waals surface area contributed by atoms with Gasteiger partial charge in [0.05, 0.1) is 16.5 Å². The highest BCUT2D eigenvalue weighted by Crippen LogP contribution is 2.20. The van der Waals surface area contributed by atoms with Crippen LogP contribution in [-0.2, 0) is 10.0 Å². The van der Waals surface area contributed by atoms with Crippen LogP contribution in [0.4, 0.5) is 5.69 Å². The average molecular weight is 286 g/mol. The van der Waals surface area contributed by atoms with Crippen molar-refractivity contribution in [3.05, 3.63) is 24.3 Å². The number of nitrogens with one attached hydrogen (secondary N) is 2. The highest BCUT2D eigenvalue weighted by atomic mass is 32.2. The lowest BCUT2D eigenvalue weighted by Gasteiger charge is -2.30. The molecule has 0 aliphatic carbocycles. The van der Waals surface area contributed by atoms with E-state index in [4.69, 9.17) is 0 Å². The lowest BCUT2D eigenvalue weighted by atomic mass is 9.98. The van der Waals surface area contributed by atoms with Gasteiger partial charge in [0.25, 0.3) is 0 Å². The van der Waals surface area contributed by atoms with E-state index in [-0.39, 0.29) is 4.90 Å². The molecule has 0 heterocycles. The lowest BCUT2D eigenvalue weighted by Crippen LogP contribution is -2.41. The maximum Gasteiger partial charge on any atom is 0.240 e.